The van der Waals surface area contributed by atoms with E-state index in [1.165, 1.54) is 0 Å². The first-order valence-corrected chi connectivity index (χ1v) is 7.03. The summed E-state index contributed by atoms with van der Waals surface area (Å²) in [5.41, 5.74) is 2.03. The van der Waals surface area contributed by atoms with Gasteiger partial charge in [0, 0.05) is 17.3 Å². The molecule has 0 bridgehead atoms. The van der Waals surface area contributed by atoms with Crippen LogP contribution in [-0.2, 0) is 6.54 Å². The Balaban J connectivity index is 1.69. The molecular formula is C14H13N5S. The molecule has 0 aliphatic heterocycles. The normalized spacial score (nSPS) is 10.4. The Morgan fingerprint density at radius 1 is 1.10 bits per heavy atom. The molecule has 0 aliphatic rings. The second-order valence-electron chi connectivity index (χ2n) is 4.27. The van der Waals surface area contributed by atoms with Crippen molar-refractivity contribution in [1.82, 2.24) is 20.2 Å². The number of benzene rings is 1. The van der Waals surface area contributed by atoms with Crippen LogP contribution in [0, 0.1) is 6.92 Å². The number of hydrogen-bond acceptors (Lipinski definition) is 6. The van der Waals surface area contributed by atoms with Crippen LogP contribution in [0.1, 0.15) is 10.7 Å². The zero-order valence-electron chi connectivity index (χ0n) is 10.9. The lowest BCUT2D eigenvalue weighted by molar-refractivity contribution is 0.978. The highest BCUT2D eigenvalue weighted by atomic mass is 32.1. The fourth-order valence-electron chi connectivity index (χ4n) is 1.74. The van der Waals surface area contributed by atoms with E-state index in [0.717, 1.165) is 27.1 Å². The first-order valence-electron chi connectivity index (χ1n) is 6.21. The predicted octanol–water partition coefficient (Wildman–Crippen LogP) is 2.92. The summed E-state index contributed by atoms with van der Waals surface area (Å²) < 4.78 is 0. The minimum Gasteiger partial charge on any atom is -0.363 e. The Kier molecular flexibility index (Phi) is 3.64. The van der Waals surface area contributed by atoms with Crippen molar-refractivity contribution in [3.63, 3.8) is 0 Å². The molecule has 0 radical (unpaired) electrons. The quantitative estimate of drug-likeness (QED) is 0.797. The SMILES string of the molecule is Cc1cc(NCc2nnc(-c3ccccc3)s2)ncn1. The molecule has 0 saturated carbocycles. The van der Waals surface area contributed by atoms with E-state index in [2.05, 4.69) is 25.5 Å². The number of nitrogens with one attached hydrogen (secondary N) is 1. The number of hydrogen-bond donors (Lipinski definition) is 1. The van der Waals surface area contributed by atoms with E-state index in [0.29, 0.717) is 6.54 Å². The van der Waals surface area contributed by atoms with Gasteiger partial charge in [-0.05, 0) is 6.92 Å². The van der Waals surface area contributed by atoms with Gasteiger partial charge in [-0.2, -0.15) is 0 Å². The number of aryl methyl sites for hydroxylation is 1. The highest BCUT2D eigenvalue weighted by Gasteiger charge is 2.06. The van der Waals surface area contributed by atoms with Gasteiger partial charge in [0.15, 0.2) is 0 Å². The molecule has 100 valence electrons. The molecule has 0 saturated heterocycles. The van der Waals surface area contributed by atoms with Gasteiger partial charge in [-0.15, -0.1) is 10.2 Å². The fourth-order valence-corrected chi connectivity index (χ4v) is 2.52. The molecular weight excluding hydrogens is 270 g/mol. The summed E-state index contributed by atoms with van der Waals surface area (Å²) in [7, 11) is 0. The van der Waals surface area contributed by atoms with Gasteiger partial charge >= 0.3 is 0 Å². The van der Waals surface area contributed by atoms with Gasteiger partial charge < -0.3 is 5.32 Å². The van der Waals surface area contributed by atoms with Crippen LogP contribution in [0.4, 0.5) is 5.82 Å². The van der Waals surface area contributed by atoms with Gasteiger partial charge in [-0.3, -0.25) is 0 Å². The molecule has 0 unspecified atom stereocenters. The van der Waals surface area contributed by atoms with Crippen molar-refractivity contribution in [3.8, 4) is 10.6 Å². The fraction of sp³-hybridized carbons (Fsp3) is 0.143. The summed E-state index contributed by atoms with van der Waals surface area (Å²) in [6.45, 7) is 2.55. The molecule has 6 heteroatoms. The predicted molar refractivity (Wildman–Crippen MR) is 79.4 cm³/mol. The Morgan fingerprint density at radius 3 is 2.75 bits per heavy atom. The number of anilines is 1. The minimum atomic E-state index is 0.612. The van der Waals surface area contributed by atoms with Gasteiger partial charge in [-0.25, -0.2) is 9.97 Å². The van der Waals surface area contributed by atoms with Crippen LogP contribution in [0.3, 0.4) is 0 Å². The van der Waals surface area contributed by atoms with Gasteiger partial charge in [0.05, 0.1) is 6.54 Å². The van der Waals surface area contributed by atoms with Crippen LogP contribution in [0.5, 0.6) is 0 Å². The lowest BCUT2D eigenvalue weighted by Crippen LogP contribution is -2.01. The third-order valence-corrected chi connectivity index (χ3v) is 3.68. The Morgan fingerprint density at radius 2 is 1.95 bits per heavy atom. The standard InChI is InChI=1S/C14H13N5S/c1-10-7-12(17-9-16-10)15-8-13-18-19-14(20-13)11-5-3-2-4-6-11/h2-7,9H,8H2,1H3,(H,15,16,17). The molecule has 0 aliphatic carbocycles. The van der Waals surface area contributed by atoms with Crippen molar-refractivity contribution in [2.75, 3.05) is 5.32 Å². The van der Waals surface area contributed by atoms with Gasteiger partial charge in [0.2, 0.25) is 0 Å². The zero-order chi connectivity index (χ0) is 13.8. The van der Waals surface area contributed by atoms with E-state index in [1.807, 2.05) is 43.3 Å². The maximum absolute atomic E-state index is 4.21. The van der Waals surface area contributed by atoms with E-state index in [1.54, 1.807) is 17.7 Å². The summed E-state index contributed by atoms with van der Waals surface area (Å²) in [6.07, 6.45) is 1.55. The molecule has 0 atom stereocenters. The molecule has 3 rings (SSSR count). The van der Waals surface area contributed by atoms with Crippen molar-refractivity contribution in [1.29, 1.82) is 0 Å². The van der Waals surface area contributed by atoms with Crippen molar-refractivity contribution < 1.29 is 0 Å². The lowest BCUT2D eigenvalue weighted by atomic mass is 10.2. The Labute approximate surface area is 120 Å². The van der Waals surface area contributed by atoms with E-state index in [-0.39, 0.29) is 0 Å². The second kappa shape index (κ2) is 5.75. The minimum absolute atomic E-state index is 0.612. The third kappa shape index (κ3) is 2.97. The van der Waals surface area contributed by atoms with Gasteiger partial charge in [-0.1, -0.05) is 41.7 Å². The molecule has 5 nitrogen and oxygen atoms in total. The topological polar surface area (TPSA) is 63.6 Å². The van der Waals surface area contributed by atoms with Crippen LogP contribution in [0.25, 0.3) is 10.6 Å². The molecule has 0 spiro atoms. The van der Waals surface area contributed by atoms with Crippen LogP contribution >= 0.6 is 11.3 Å². The molecule has 2 aromatic heterocycles. The monoisotopic (exact) mass is 283 g/mol. The summed E-state index contributed by atoms with van der Waals surface area (Å²) in [6, 6.07) is 12.0. The van der Waals surface area contributed by atoms with Crippen molar-refractivity contribution in [2.45, 2.75) is 13.5 Å². The summed E-state index contributed by atoms with van der Waals surface area (Å²) in [5.74, 6) is 0.800. The number of rotatable bonds is 4. The maximum atomic E-state index is 4.21. The smallest absolute Gasteiger partial charge is 0.147 e. The average molecular weight is 283 g/mol. The Hall–Kier alpha value is -2.34. The lowest BCUT2D eigenvalue weighted by Gasteiger charge is -2.02. The maximum Gasteiger partial charge on any atom is 0.147 e. The average Bonchev–Trinajstić information content (AvgIpc) is 2.95. The van der Waals surface area contributed by atoms with Crippen LogP contribution in [0.15, 0.2) is 42.7 Å². The largest absolute Gasteiger partial charge is 0.363 e. The summed E-state index contributed by atoms with van der Waals surface area (Å²) in [5, 5.41) is 13.5. The van der Waals surface area contributed by atoms with E-state index in [9.17, 15) is 0 Å². The second-order valence-corrected chi connectivity index (χ2v) is 5.33. The molecule has 3 aromatic rings. The molecule has 0 amide bonds. The van der Waals surface area contributed by atoms with E-state index < -0.39 is 0 Å². The van der Waals surface area contributed by atoms with Crippen molar-refractivity contribution >= 4 is 17.2 Å². The van der Waals surface area contributed by atoms with Crippen molar-refractivity contribution in [2.24, 2.45) is 0 Å². The molecule has 1 aromatic carbocycles. The first-order chi connectivity index (χ1) is 9.81. The molecule has 1 N–H and O–H groups in total. The summed E-state index contributed by atoms with van der Waals surface area (Å²) >= 11 is 1.58. The van der Waals surface area contributed by atoms with Gasteiger partial charge in [0.25, 0.3) is 0 Å². The highest BCUT2D eigenvalue weighted by Crippen LogP contribution is 2.23. The molecule has 2 heterocycles. The first kappa shape index (κ1) is 12.7. The van der Waals surface area contributed by atoms with Crippen LogP contribution < -0.4 is 5.32 Å². The van der Waals surface area contributed by atoms with Crippen molar-refractivity contribution in [3.05, 3.63) is 53.4 Å². The third-order valence-electron chi connectivity index (χ3n) is 2.71. The Bertz CT molecular complexity index is 696. The van der Waals surface area contributed by atoms with E-state index in [4.69, 9.17) is 0 Å². The molecule has 20 heavy (non-hydrogen) atoms. The number of nitrogens with zero attached hydrogens (tertiary/aromatic N) is 4. The number of aromatic nitrogens is 4. The van der Waals surface area contributed by atoms with Crippen LogP contribution in [-0.4, -0.2) is 20.2 Å². The zero-order valence-corrected chi connectivity index (χ0v) is 11.8. The highest BCUT2D eigenvalue weighted by molar-refractivity contribution is 7.14. The van der Waals surface area contributed by atoms with Crippen LogP contribution in [0.2, 0.25) is 0 Å². The molecule has 0 fully saturated rings. The summed E-state index contributed by atoms with van der Waals surface area (Å²) in [4.78, 5) is 8.22. The van der Waals surface area contributed by atoms with Gasteiger partial charge in [0.1, 0.15) is 22.2 Å². The van der Waals surface area contributed by atoms with E-state index >= 15 is 0 Å².